The molecule has 0 saturated carbocycles. The number of nitrogens with one attached hydrogen (secondary N) is 2. The summed E-state index contributed by atoms with van der Waals surface area (Å²) in [6.07, 6.45) is 1.68. The topological polar surface area (TPSA) is 66.9 Å². The number of hydrogen-bond donors (Lipinski definition) is 2. The first-order valence-corrected chi connectivity index (χ1v) is 8.17. The molecule has 0 atom stereocenters. The fourth-order valence-electron chi connectivity index (χ4n) is 2.23. The van der Waals surface area contributed by atoms with Crippen molar-refractivity contribution in [2.24, 2.45) is 0 Å². The SMILES string of the molecule is CC(=O)c1ccc(Nc2ccnc(NCc3ccc(Cl)cc3)n2)cc1. The van der Waals surface area contributed by atoms with Crippen molar-refractivity contribution in [3.05, 3.63) is 76.9 Å². The predicted octanol–water partition coefficient (Wildman–Crippen LogP) is 4.69. The van der Waals surface area contributed by atoms with Crippen LogP contribution >= 0.6 is 11.6 Å². The molecule has 126 valence electrons. The average Bonchev–Trinajstić information content (AvgIpc) is 2.62. The van der Waals surface area contributed by atoms with Crippen LogP contribution in [0.15, 0.2) is 60.8 Å². The number of Topliss-reactive ketones (excluding diaryl/α,β-unsaturated/α-hetero) is 1. The number of nitrogens with zero attached hydrogens (tertiary/aromatic N) is 2. The van der Waals surface area contributed by atoms with Crippen molar-refractivity contribution in [1.82, 2.24) is 9.97 Å². The minimum atomic E-state index is 0.0438. The Labute approximate surface area is 151 Å². The summed E-state index contributed by atoms with van der Waals surface area (Å²) in [4.78, 5) is 20.0. The van der Waals surface area contributed by atoms with Gasteiger partial charge in [0.1, 0.15) is 5.82 Å². The van der Waals surface area contributed by atoms with Crippen LogP contribution in [0, 0.1) is 0 Å². The van der Waals surface area contributed by atoms with Crippen LogP contribution < -0.4 is 10.6 Å². The summed E-state index contributed by atoms with van der Waals surface area (Å²) in [5.74, 6) is 1.24. The van der Waals surface area contributed by atoms with Gasteiger partial charge in [-0.1, -0.05) is 23.7 Å². The molecule has 0 fully saturated rings. The van der Waals surface area contributed by atoms with Crippen LogP contribution in [-0.2, 0) is 6.54 Å². The first-order valence-electron chi connectivity index (χ1n) is 7.79. The average molecular weight is 353 g/mol. The molecule has 3 rings (SSSR count). The van der Waals surface area contributed by atoms with Crippen LogP contribution in [-0.4, -0.2) is 15.8 Å². The molecular formula is C19H17ClN4O. The number of aromatic nitrogens is 2. The summed E-state index contributed by atoms with van der Waals surface area (Å²) in [7, 11) is 0. The number of rotatable bonds is 6. The number of benzene rings is 2. The van der Waals surface area contributed by atoms with E-state index in [0.717, 1.165) is 11.3 Å². The second-order valence-corrected chi connectivity index (χ2v) is 5.94. The summed E-state index contributed by atoms with van der Waals surface area (Å²) < 4.78 is 0. The Morgan fingerprint density at radius 1 is 1.04 bits per heavy atom. The predicted molar refractivity (Wildman–Crippen MR) is 101 cm³/mol. The van der Waals surface area contributed by atoms with Crippen molar-refractivity contribution >= 4 is 34.8 Å². The number of anilines is 3. The largest absolute Gasteiger partial charge is 0.350 e. The van der Waals surface area contributed by atoms with Crippen LogP contribution in [0.3, 0.4) is 0 Å². The van der Waals surface area contributed by atoms with Gasteiger partial charge in [-0.3, -0.25) is 4.79 Å². The van der Waals surface area contributed by atoms with Crippen LogP contribution in [0.2, 0.25) is 5.02 Å². The van der Waals surface area contributed by atoms with E-state index in [2.05, 4.69) is 20.6 Å². The summed E-state index contributed by atoms with van der Waals surface area (Å²) in [6, 6.07) is 16.6. The Morgan fingerprint density at radius 2 is 1.76 bits per heavy atom. The second kappa shape index (κ2) is 7.77. The third-order valence-corrected chi connectivity index (χ3v) is 3.84. The van der Waals surface area contributed by atoms with E-state index in [1.807, 2.05) is 36.4 Å². The summed E-state index contributed by atoms with van der Waals surface area (Å²) >= 11 is 5.88. The Morgan fingerprint density at radius 3 is 2.44 bits per heavy atom. The molecule has 0 unspecified atom stereocenters. The van der Waals surface area contributed by atoms with E-state index in [0.29, 0.717) is 28.9 Å². The molecule has 0 saturated heterocycles. The summed E-state index contributed by atoms with van der Waals surface area (Å²) in [5, 5.41) is 7.09. The highest BCUT2D eigenvalue weighted by Crippen LogP contribution is 2.17. The Bertz CT molecular complexity index is 863. The van der Waals surface area contributed by atoms with Gasteiger partial charge in [0.05, 0.1) is 0 Å². The maximum Gasteiger partial charge on any atom is 0.224 e. The Kier molecular flexibility index (Phi) is 5.26. The van der Waals surface area contributed by atoms with Crippen molar-refractivity contribution in [2.45, 2.75) is 13.5 Å². The quantitative estimate of drug-likeness (QED) is 0.630. The monoisotopic (exact) mass is 352 g/mol. The molecular weight excluding hydrogens is 336 g/mol. The highest BCUT2D eigenvalue weighted by atomic mass is 35.5. The van der Waals surface area contributed by atoms with Gasteiger partial charge in [-0.2, -0.15) is 4.98 Å². The lowest BCUT2D eigenvalue weighted by molar-refractivity contribution is 0.101. The van der Waals surface area contributed by atoms with Gasteiger partial charge in [-0.25, -0.2) is 4.98 Å². The molecule has 0 aliphatic carbocycles. The van der Waals surface area contributed by atoms with Gasteiger partial charge in [0.15, 0.2) is 5.78 Å². The fourth-order valence-corrected chi connectivity index (χ4v) is 2.36. The number of halogens is 1. The van der Waals surface area contributed by atoms with E-state index >= 15 is 0 Å². The van der Waals surface area contributed by atoms with Gasteiger partial charge >= 0.3 is 0 Å². The molecule has 0 aliphatic rings. The number of hydrogen-bond acceptors (Lipinski definition) is 5. The van der Waals surface area contributed by atoms with E-state index < -0.39 is 0 Å². The van der Waals surface area contributed by atoms with Crippen LogP contribution in [0.4, 0.5) is 17.5 Å². The minimum absolute atomic E-state index is 0.0438. The van der Waals surface area contributed by atoms with Gasteiger partial charge in [-0.05, 0) is 55.0 Å². The molecule has 6 heteroatoms. The third-order valence-electron chi connectivity index (χ3n) is 3.58. The molecule has 1 aromatic heterocycles. The normalized spacial score (nSPS) is 10.3. The molecule has 0 bridgehead atoms. The minimum Gasteiger partial charge on any atom is -0.350 e. The van der Waals surface area contributed by atoms with E-state index in [4.69, 9.17) is 11.6 Å². The summed E-state index contributed by atoms with van der Waals surface area (Å²) in [5.41, 5.74) is 2.62. The van der Waals surface area contributed by atoms with Gasteiger partial charge in [0.25, 0.3) is 0 Å². The first-order chi connectivity index (χ1) is 12.1. The molecule has 0 spiro atoms. The lowest BCUT2D eigenvalue weighted by atomic mass is 10.1. The standard InChI is InChI=1S/C19H17ClN4O/c1-13(25)15-4-8-17(9-5-15)23-18-10-11-21-19(24-18)22-12-14-2-6-16(20)7-3-14/h2-11H,12H2,1H3,(H2,21,22,23,24). The molecule has 0 radical (unpaired) electrons. The lowest BCUT2D eigenvalue weighted by Crippen LogP contribution is -2.05. The molecule has 5 nitrogen and oxygen atoms in total. The van der Waals surface area contributed by atoms with E-state index in [1.54, 1.807) is 31.3 Å². The van der Waals surface area contributed by atoms with Crippen molar-refractivity contribution in [3.8, 4) is 0 Å². The van der Waals surface area contributed by atoms with Gasteiger partial charge in [-0.15, -0.1) is 0 Å². The number of ketones is 1. The Balaban J connectivity index is 1.64. The van der Waals surface area contributed by atoms with E-state index in [1.165, 1.54) is 0 Å². The zero-order valence-electron chi connectivity index (χ0n) is 13.7. The van der Waals surface area contributed by atoms with Gasteiger partial charge < -0.3 is 10.6 Å². The molecule has 2 N–H and O–H groups in total. The first kappa shape index (κ1) is 16.9. The van der Waals surface area contributed by atoms with E-state index in [9.17, 15) is 4.79 Å². The molecule has 0 amide bonds. The van der Waals surface area contributed by atoms with Gasteiger partial charge in [0.2, 0.25) is 5.95 Å². The number of carbonyl (C=O) groups excluding carboxylic acids is 1. The molecule has 3 aromatic rings. The lowest BCUT2D eigenvalue weighted by Gasteiger charge is -2.09. The van der Waals surface area contributed by atoms with Crippen LogP contribution in [0.25, 0.3) is 0 Å². The molecule has 25 heavy (non-hydrogen) atoms. The molecule has 0 aliphatic heterocycles. The highest BCUT2D eigenvalue weighted by Gasteiger charge is 2.02. The van der Waals surface area contributed by atoms with Crippen LogP contribution in [0.1, 0.15) is 22.8 Å². The summed E-state index contributed by atoms with van der Waals surface area (Å²) in [6.45, 7) is 2.15. The third kappa shape index (κ3) is 4.78. The van der Waals surface area contributed by atoms with E-state index in [-0.39, 0.29) is 5.78 Å². The maximum absolute atomic E-state index is 11.3. The van der Waals surface area contributed by atoms with Crippen molar-refractivity contribution in [3.63, 3.8) is 0 Å². The smallest absolute Gasteiger partial charge is 0.224 e. The molecule has 1 heterocycles. The maximum atomic E-state index is 11.3. The van der Waals surface area contributed by atoms with Crippen LogP contribution in [0.5, 0.6) is 0 Å². The molecule has 2 aromatic carbocycles. The van der Waals surface area contributed by atoms with Crippen molar-refractivity contribution < 1.29 is 4.79 Å². The second-order valence-electron chi connectivity index (χ2n) is 5.50. The van der Waals surface area contributed by atoms with Gasteiger partial charge in [0, 0.05) is 29.0 Å². The Hall–Kier alpha value is -2.92. The van der Waals surface area contributed by atoms with Crippen molar-refractivity contribution in [2.75, 3.05) is 10.6 Å². The zero-order chi connectivity index (χ0) is 17.6. The fraction of sp³-hybridized carbons (Fsp3) is 0.105. The van der Waals surface area contributed by atoms with Crippen molar-refractivity contribution in [1.29, 1.82) is 0 Å². The zero-order valence-corrected chi connectivity index (χ0v) is 14.4. The highest BCUT2D eigenvalue weighted by molar-refractivity contribution is 6.30. The number of carbonyl (C=O) groups is 1.